The van der Waals surface area contributed by atoms with Gasteiger partial charge in [-0.05, 0) is 18.2 Å². The zero-order valence-electron chi connectivity index (χ0n) is 13.7. The van der Waals surface area contributed by atoms with Crippen LogP contribution in [-0.4, -0.2) is 38.0 Å². The molecule has 0 amide bonds. The first-order valence-electron chi connectivity index (χ1n) is 7.08. The number of halogens is 2. The van der Waals surface area contributed by atoms with Gasteiger partial charge in [-0.1, -0.05) is 29.3 Å². The minimum absolute atomic E-state index is 0.0886. The Balaban J connectivity index is 2.39. The van der Waals surface area contributed by atoms with Crippen molar-refractivity contribution in [3.05, 3.63) is 62.1 Å². The van der Waals surface area contributed by atoms with Crippen LogP contribution in [0.3, 0.4) is 0 Å². The smallest absolute Gasteiger partial charge is 0.270 e. The van der Waals surface area contributed by atoms with Gasteiger partial charge in [-0.15, -0.1) is 0 Å². The summed E-state index contributed by atoms with van der Waals surface area (Å²) in [5.74, 6) is 0. The largest absolute Gasteiger partial charge is 0.277 e. The summed E-state index contributed by atoms with van der Waals surface area (Å²) in [6, 6.07) is 8.24. The fourth-order valence-electron chi connectivity index (χ4n) is 1.90. The molecule has 0 saturated heterocycles. The van der Waals surface area contributed by atoms with E-state index in [0.29, 0.717) is 15.6 Å². The van der Waals surface area contributed by atoms with E-state index in [1.165, 1.54) is 38.5 Å². The predicted molar refractivity (Wildman–Crippen MR) is 102 cm³/mol. The summed E-state index contributed by atoms with van der Waals surface area (Å²) in [5, 5.41) is 15.7. The van der Waals surface area contributed by atoms with Crippen LogP contribution in [0, 0.1) is 10.1 Å². The Labute approximate surface area is 160 Å². The Morgan fingerprint density at radius 2 is 1.88 bits per heavy atom. The van der Waals surface area contributed by atoms with Crippen molar-refractivity contribution in [2.45, 2.75) is 4.90 Å². The maximum absolute atomic E-state index is 12.4. The predicted octanol–water partition coefficient (Wildman–Crippen LogP) is 3.60. The first-order valence-corrected chi connectivity index (χ1v) is 9.27. The van der Waals surface area contributed by atoms with E-state index in [2.05, 4.69) is 10.5 Å². The summed E-state index contributed by atoms with van der Waals surface area (Å²) in [6.45, 7) is 0. The number of benzene rings is 2. The monoisotopic (exact) mass is 416 g/mol. The summed E-state index contributed by atoms with van der Waals surface area (Å²) in [5.41, 5.74) is 2.88. The maximum atomic E-state index is 12.4. The molecule has 0 aliphatic carbocycles. The highest BCUT2D eigenvalue weighted by Gasteiger charge is 2.24. The third kappa shape index (κ3) is 4.50. The molecule has 2 aromatic rings. The Bertz CT molecular complexity index is 978. The molecule has 0 saturated carbocycles. The van der Waals surface area contributed by atoms with Gasteiger partial charge in [-0.2, -0.15) is 5.10 Å². The van der Waals surface area contributed by atoms with Crippen molar-refractivity contribution in [1.29, 1.82) is 0 Å². The van der Waals surface area contributed by atoms with Crippen LogP contribution >= 0.6 is 23.2 Å². The lowest BCUT2D eigenvalue weighted by atomic mass is 10.2. The number of rotatable bonds is 6. The topological polar surface area (TPSA) is 105 Å². The summed E-state index contributed by atoms with van der Waals surface area (Å²) in [7, 11) is -1.27. The lowest BCUT2D eigenvalue weighted by Gasteiger charge is -2.14. The fourth-order valence-corrected chi connectivity index (χ4v) is 3.42. The van der Waals surface area contributed by atoms with E-state index in [1.807, 2.05) is 0 Å². The molecule has 1 N–H and O–H groups in total. The molecule has 2 aromatic carbocycles. The third-order valence-corrected chi connectivity index (χ3v) is 5.70. The van der Waals surface area contributed by atoms with Gasteiger partial charge in [0.2, 0.25) is 10.0 Å². The van der Waals surface area contributed by atoms with Crippen molar-refractivity contribution < 1.29 is 13.3 Å². The van der Waals surface area contributed by atoms with Crippen LogP contribution in [-0.2, 0) is 10.0 Å². The second kappa shape index (κ2) is 8.00. The van der Waals surface area contributed by atoms with Gasteiger partial charge in [-0.25, -0.2) is 12.7 Å². The highest BCUT2D eigenvalue weighted by molar-refractivity contribution is 7.89. The molecule has 0 fully saturated rings. The summed E-state index contributed by atoms with van der Waals surface area (Å²) >= 11 is 11.8. The molecule has 8 nitrogen and oxygen atoms in total. The lowest BCUT2D eigenvalue weighted by molar-refractivity contribution is -0.385. The molecule has 0 aliphatic rings. The number of non-ortho nitro benzene ring substituents is 1. The van der Waals surface area contributed by atoms with Gasteiger partial charge < -0.3 is 0 Å². The molecule has 2 rings (SSSR count). The van der Waals surface area contributed by atoms with Gasteiger partial charge >= 0.3 is 0 Å². The second-order valence-electron chi connectivity index (χ2n) is 5.26. The number of sulfonamides is 1. The molecule has 0 bridgehead atoms. The number of nitrogens with zero attached hydrogens (tertiary/aromatic N) is 3. The summed E-state index contributed by atoms with van der Waals surface area (Å²) in [6.07, 6.45) is 1.38. The van der Waals surface area contributed by atoms with Gasteiger partial charge in [0.05, 0.1) is 21.8 Å². The van der Waals surface area contributed by atoms with Gasteiger partial charge in [0.15, 0.2) is 0 Å². The molecule has 0 heterocycles. The van der Waals surface area contributed by atoms with Crippen LogP contribution in [0.5, 0.6) is 0 Å². The minimum Gasteiger partial charge on any atom is -0.277 e. The molecule has 0 atom stereocenters. The van der Waals surface area contributed by atoms with Crippen LogP contribution in [0.2, 0.25) is 10.0 Å². The van der Waals surface area contributed by atoms with Crippen molar-refractivity contribution in [2.24, 2.45) is 5.10 Å². The van der Waals surface area contributed by atoms with E-state index in [0.717, 1.165) is 10.4 Å². The molecule has 11 heteroatoms. The maximum Gasteiger partial charge on any atom is 0.270 e. The zero-order chi connectivity index (χ0) is 19.5. The Hall–Kier alpha value is -2.20. The van der Waals surface area contributed by atoms with Crippen molar-refractivity contribution in [3.63, 3.8) is 0 Å². The molecule has 0 unspecified atom stereocenters. The fraction of sp³-hybridized carbons (Fsp3) is 0.133. The Morgan fingerprint density at radius 1 is 1.19 bits per heavy atom. The van der Waals surface area contributed by atoms with Gasteiger partial charge in [0.1, 0.15) is 4.90 Å². The first kappa shape index (κ1) is 20.1. The SMILES string of the molecule is CN(C)S(=O)(=O)c1cc([N+](=O)[O-])ccc1N/N=C\c1ccc(Cl)cc1Cl. The van der Waals surface area contributed by atoms with E-state index in [4.69, 9.17) is 23.2 Å². The molecule has 0 radical (unpaired) electrons. The Kier molecular flexibility index (Phi) is 6.19. The minimum atomic E-state index is -3.92. The molecule has 138 valence electrons. The molecule has 0 aromatic heterocycles. The van der Waals surface area contributed by atoms with Crippen molar-refractivity contribution >= 4 is 50.8 Å². The van der Waals surface area contributed by atoms with E-state index >= 15 is 0 Å². The lowest BCUT2D eigenvalue weighted by Crippen LogP contribution is -2.23. The molecular weight excluding hydrogens is 403 g/mol. The van der Waals surface area contributed by atoms with Crippen molar-refractivity contribution in [1.82, 2.24) is 4.31 Å². The summed E-state index contributed by atoms with van der Waals surface area (Å²) in [4.78, 5) is 10.0. The number of nitrogens with one attached hydrogen (secondary N) is 1. The van der Waals surface area contributed by atoms with E-state index < -0.39 is 14.9 Å². The van der Waals surface area contributed by atoms with Crippen LogP contribution < -0.4 is 5.43 Å². The normalized spacial score (nSPS) is 11.9. The second-order valence-corrected chi connectivity index (χ2v) is 8.22. The van der Waals surface area contributed by atoms with Crippen LogP contribution in [0.1, 0.15) is 5.56 Å². The van der Waals surface area contributed by atoms with E-state index in [-0.39, 0.29) is 16.3 Å². The van der Waals surface area contributed by atoms with Crippen LogP contribution in [0.15, 0.2) is 46.4 Å². The van der Waals surface area contributed by atoms with Crippen LogP contribution in [0.25, 0.3) is 0 Å². The number of hydrazone groups is 1. The number of hydrogen-bond donors (Lipinski definition) is 1. The molecular formula is C15H14Cl2N4O4S. The number of anilines is 1. The summed E-state index contributed by atoms with van der Waals surface area (Å²) < 4.78 is 25.8. The molecule has 0 aliphatic heterocycles. The average molecular weight is 417 g/mol. The molecule has 26 heavy (non-hydrogen) atoms. The number of nitro benzene ring substituents is 1. The highest BCUT2D eigenvalue weighted by Crippen LogP contribution is 2.28. The van der Waals surface area contributed by atoms with Gasteiger partial charge in [0.25, 0.3) is 5.69 Å². The quantitative estimate of drug-likeness (QED) is 0.439. The molecule has 0 spiro atoms. The van der Waals surface area contributed by atoms with Gasteiger partial charge in [0, 0.05) is 36.8 Å². The van der Waals surface area contributed by atoms with Gasteiger partial charge in [-0.3, -0.25) is 15.5 Å². The van der Waals surface area contributed by atoms with E-state index in [9.17, 15) is 18.5 Å². The number of hydrogen-bond acceptors (Lipinski definition) is 6. The Morgan fingerprint density at radius 3 is 2.46 bits per heavy atom. The highest BCUT2D eigenvalue weighted by atomic mass is 35.5. The number of nitro groups is 1. The van der Waals surface area contributed by atoms with E-state index in [1.54, 1.807) is 12.1 Å². The average Bonchev–Trinajstić information content (AvgIpc) is 2.56. The third-order valence-electron chi connectivity index (χ3n) is 3.29. The van der Waals surface area contributed by atoms with Crippen molar-refractivity contribution in [2.75, 3.05) is 19.5 Å². The van der Waals surface area contributed by atoms with Crippen LogP contribution in [0.4, 0.5) is 11.4 Å². The van der Waals surface area contributed by atoms with Crippen molar-refractivity contribution in [3.8, 4) is 0 Å². The standard InChI is InChI=1S/C15H14Cl2N4O4S/c1-20(2)26(24,25)15-8-12(21(22)23)5-6-14(15)19-18-9-10-3-4-11(16)7-13(10)17/h3-9,19H,1-2H3/b18-9-. The first-order chi connectivity index (χ1) is 12.1. The zero-order valence-corrected chi connectivity index (χ0v) is 16.0.